The van der Waals surface area contributed by atoms with E-state index in [1.807, 2.05) is 67.6 Å². The molecule has 0 aliphatic carbocycles. The highest BCUT2D eigenvalue weighted by Crippen LogP contribution is 2.30. The lowest BCUT2D eigenvalue weighted by Gasteiger charge is -2.42. The highest BCUT2D eigenvalue weighted by Gasteiger charge is 2.42. The van der Waals surface area contributed by atoms with Gasteiger partial charge in [-0.3, -0.25) is 4.79 Å². The molecule has 4 nitrogen and oxygen atoms in total. The summed E-state index contributed by atoms with van der Waals surface area (Å²) in [6, 6.07) is 19.4. The molecule has 0 spiro atoms. The Bertz CT molecular complexity index is 639. The quantitative estimate of drug-likeness (QED) is 0.909. The van der Waals surface area contributed by atoms with E-state index in [9.17, 15) is 9.90 Å². The smallest absolute Gasteiger partial charge is 0.252 e. The van der Waals surface area contributed by atoms with Crippen molar-refractivity contribution >= 4 is 11.6 Å². The van der Waals surface area contributed by atoms with Gasteiger partial charge in [-0.1, -0.05) is 48.5 Å². The second kappa shape index (κ2) is 5.81. The molecule has 1 fully saturated rings. The van der Waals surface area contributed by atoms with Crippen molar-refractivity contribution in [1.29, 1.82) is 0 Å². The first-order chi connectivity index (χ1) is 10.6. The molecule has 3 rings (SSSR count). The predicted octanol–water partition coefficient (Wildman–Crippen LogP) is 2.22. The van der Waals surface area contributed by atoms with E-state index in [0.29, 0.717) is 13.1 Å². The molecule has 1 heterocycles. The molecule has 2 aromatic carbocycles. The molecule has 0 aromatic heterocycles. The molecule has 1 aliphatic heterocycles. The minimum atomic E-state index is -0.858. The molecule has 0 saturated carbocycles. The molecular formula is C18H20N2O2. The number of para-hydroxylation sites is 1. The maximum atomic E-state index is 12.9. The van der Waals surface area contributed by atoms with Crippen LogP contribution in [0.2, 0.25) is 0 Å². The topological polar surface area (TPSA) is 52.6 Å². The van der Waals surface area contributed by atoms with E-state index in [1.165, 1.54) is 0 Å². The van der Waals surface area contributed by atoms with Crippen molar-refractivity contribution in [2.24, 2.45) is 0 Å². The van der Waals surface area contributed by atoms with Gasteiger partial charge in [0.05, 0.1) is 6.10 Å². The van der Waals surface area contributed by atoms with E-state index < -0.39 is 11.6 Å². The van der Waals surface area contributed by atoms with Crippen molar-refractivity contribution in [3.63, 3.8) is 0 Å². The molecule has 0 radical (unpaired) electrons. The van der Waals surface area contributed by atoms with Gasteiger partial charge in [-0.05, 0) is 24.6 Å². The molecule has 0 bridgehead atoms. The number of hydrogen-bond acceptors (Lipinski definition) is 3. The van der Waals surface area contributed by atoms with Gasteiger partial charge in [-0.2, -0.15) is 0 Å². The Morgan fingerprint density at radius 1 is 1.09 bits per heavy atom. The van der Waals surface area contributed by atoms with Crippen LogP contribution < -0.4 is 5.32 Å². The minimum absolute atomic E-state index is 0.0205. The van der Waals surface area contributed by atoms with Crippen LogP contribution in [0.15, 0.2) is 60.7 Å². The Morgan fingerprint density at radius 3 is 2.18 bits per heavy atom. The van der Waals surface area contributed by atoms with Crippen LogP contribution in [0.1, 0.15) is 12.5 Å². The van der Waals surface area contributed by atoms with E-state index in [2.05, 4.69) is 5.32 Å². The predicted molar refractivity (Wildman–Crippen MR) is 86.4 cm³/mol. The molecule has 1 saturated heterocycles. The van der Waals surface area contributed by atoms with Gasteiger partial charge in [0.15, 0.2) is 0 Å². The van der Waals surface area contributed by atoms with Gasteiger partial charge in [-0.15, -0.1) is 0 Å². The normalized spacial score (nSPS) is 17.5. The summed E-state index contributed by atoms with van der Waals surface area (Å²) in [5.41, 5.74) is 0.941. The lowest BCUT2D eigenvalue weighted by molar-refractivity contribution is -0.146. The zero-order chi connectivity index (χ0) is 15.6. The standard InChI is InChI=1S/C18H20N2O2/c1-18(14-8-4-2-5-9-14,17(22)20-12-16(21)13-20)19-15-10-6-3-7-11-15/h2-11,16,19,21H,12-13H2,1H3. The number of likely N-dealkylation sites (tertiary alicyclic amines) is 1. The largest absolute Gasteiger partial charge is 0.389 e. The lowest BCUT2D eigenvalue weighted by atomic mass is 9.88. The van der Waals surface area contributed by atoms with E-state index in [-0.39, 0.29) is 5.91 Å². The fourth-order valence-electron chi connectivity index (χ4n) is 2.77. The number of nitrogens with zero attached hydrogens (tertiary/aromatic N) is 1. The maximum Gasteiger partial charge on any atom is 0.252 e. The average Bonchev–Trinajstić information content (AvgIpc) is 2.53. The van der Waals surface area contributed by atoms with Gasteiger partial charge in [-0.25, -0.2) is 0 Å². The second-order valence-electron chi connectivity index (χ2n) is 5.85. The molecule has 2 aromatic rings. The van der Waals surface area contributed by atoms with E-state index in [1.54, 1.807) is 4.90 Å². The number of carbonyl (C=O) groups excluding carboxylic acids is 1. The number of nitrogens with one attached hydrogen (secondary N) is 1. The summed E-state index contributed by atoms with van der Waals surface area (Å²) in [5, 5.41) is 12.8. The van der Waals surface area contributed by atoms with Crippen LogP contribution in [0.4, 0.5) is 5.69 Å². The summed E-state index contributed by atoms with van der Waals surface area (Å²) in [6.07, 6.45) is -0.402. The highest BCUT2D eigenvalue weighted by atomic mass is 16.3. The first kappa shape index (κ1) is 14.6. The Morgan fingerprint density at radius 2 is 1.64 bits per heavy atom. The third-order valence-corrected chi connectivity index (χ3v) is 4.10. The first-order valence-corrected chi connectivity index (χ1v) is 7.46. The summed E-state index contributed by atoms with van der Waals surface area (Å²) in [5.74, 6) is -0.0205. The van der Waals surface area contributed by atoms with Gasteiger partial charge in [0, 0.05) is 18.8 Å². The summed E-state index contributed by atoms with van der Waals surface area (Å²) < 4.78 is 0. The van der Waals surface area contributed by atoms with E-state index in [4.69, 9.17) is 0 Å². The molecule has 4 heteroatoms. The number of aliphatic hydroxyl groups is 1. The molecule has 2 N–H and O–H groups in total. The van der Waals surface area contributed by atoms with Crippen LogP contribution in [0, 0.1) is 0 Å². The maximum absolute atomic E-state index is 12.9. The molecule has 1 unspecified atom stereocenters. The summed E-state index contributed by atoms with van der Waals surface area (Å²) >= 11 is 0. The number of benzene rings is 2. The fraction of sp³-hybridized carbons (Fsp3) is 0.278. The third-order valence-electron chi connectivity index (χ3n) is 4.10. The number of rotatable bonds is 4. The van der Waals surface area contributed by atoms with Crippen molar-refractivity contribution in [3.05, 3.63) is 66.2 Å². The number of aliphatic hydroxyl groups excluding tert-OH is 1. The summed E-state index contributed by atoms with van der Waals surface area (Å²) in [7, 11) is 0. The van der Waals surface area contributed by atoms with Gasteiger partial charge in [0.2, 0.25) is 0 Å². The number of β-amino-alcohol motifs (C(OH)–C–C–N with tert-alkyl or cyclic N) is 1. The second-order valence-corrected chi connectivity index (χ2v) is 5.85. The Balaban J connectivity index is 1.93. The minimum Gasteiger partial charge on any atom is -0.389 e. The van der Waals surface area contributed by atoms with Crippen LogP contribution in [-0.2, 0) is 10.3 Å². The third kappa shape index (κ3) is 2.70. The first-order valence-electron chi connectivity index (χ1n) is 7.46. The zero-order valence-corrected chi connectivity index (χ0v) is 12.6. The molecular weight excluding hydrogens is 276 g/mol. The molecule has 114 valence electrons. The summed E-state index contributed by atoms with van der Waals surface area (Å²) in [6.45, 7) is 2.69. The van der Waals surface area contributed by atoms with Gasteiger partial charge in [0.25, 0.3) is 5.91 Å². The van der Waals surface area contributed by atoms with Crippen LogP contribution in [0.5, 0.6) is 0 Å². The SMILES string of the molecule is CC(Nc1ccccc1)(C(=O)N1CC(O)C1)c1ccccc1. The summed E-state index contributed by atoms with van der Waals surface area (Å²) in [4.78, 5) is 14.6. The number of amides is 1. The zero-order valence-electron chi connectivity index (χ0n) is 12.6. The number of hydrogen-bond donors (Lipinski definition) is 2. The Labute approximate surface area is 130 Å². The Hall–Kier alpha value is -2.33. The van der Waals surface area contributed by atoms with Crippen molar-refractivity contribution in [3.8, 4) is 0 Å². The van der Waals surface area contributed by atoms with Crippen molar-refractivity contribution < 1.29 is 9.90 Å². The monoisotopic (exact) mass is 296 g/mol. The highest BCUT2D eigenvalue weighted by molar-refractivity contribution is 5.91. The molecule has 1 atom stereocenters. The number of anilines is 1. The average molecular weight is 296 g/mol. The van der Waals surface area contributed by atoms with Crippen LogP contribution in [0.3, 0.4) is 0 Å². The van der Waals surface area contributed by atoms with Gasteiger partial charge < -0.3 is 15.3 Å². The molecule has 22 heavy (non-hydrogen) atoms. The number of carbonyl (C=O) groups is 1. The van der Waals surface area contributed by atoms with Crippen molar-refractivity contribution in [1.82, 2.24) is 4.90 Å². The van der Waals surface area contributed by atoms with Crippen molar-refractivity contribution in [2.75, 3.05) is 18.4 Å². The van der Waals surface area contributed by atoms with Gasteiger partial charge in [0.1, 0.15) is 5.54 Å². The fourth-order valence-corrected chi connectivity index (χ4v) is 2.77. The van der Waals surface area contributed by atoms with Crippen LogP contribution >= 0.6 is 0 Å². The van der Waals surface area contributed by atoms with Gasteiger partial charge >= 0.3 is 0 Å². The lowest BCUT2D eigenvalue weighted by Crippen LogP contribution is -2.60. The molecule has 1 aliphatic rings. The Kier molecular flexibility index (Phi) is 3.86. The molecule has 1 amide bonds. The van der Waals surface area contributed by atoms with E-state index in [0.717, 1.165) is 11.3 Å². The van der Waals surface area contributed by atoms with Crippen molar-refractivity contribution in [2.45, 2.75) is 18.6 Å². The van der Waals surface area contributed by atoms with Crippen LogP contribution in [-0.4, -0.2) is 35.1 Å². The van der Waals surface area contributed by atoms with Crippen LogP contribution in [0.25, 0.3) is 0 Å². The van der Waals surface area contributed by atoms with E-state index >= 15 is 0 Å².